The number of carbonyl (C=O) groups is 2. The standard InChI is InChI=1S/C26H34N2O3/c1-26(2,3)23(27-25(30)31-19-22-12-8-5-9-13-22)24(29)28-16-14-21(15-17-28)18-20-10-6-4-7-11-20/h4-13,21,23H,14-19H2,1-3H3,(H,27,30). The third-order valence-electron chi connectivity index (χ3n) is 5.88. The van der Waals surface area contributed by atoms with Gasteiger partial charge in [0, 0.05) is 13.1 Å². The van der Waals surface area contributed by atoms with Gasteiger partial charge in [0.2, 0.25) is 5.91 Å². The molecule has 2 aromatic rings. The Morgan fingerprint density at radius 1 is 0.968 bits per heavy atom. The SMILES string of the molecule is CC(C)(C)C(NC(=O)OCc1ccccc1)C(=O)N1CCC(Cc2ccccc2)CC1. The van der Waals surface area contributed by atoms with E-state index in [1.807, 2.05) is 62.1 Å². The topological polar surface area (TPSA) is 58.6 Å². The lowest BCUT2D eigenvalue weighted by atomic mass is 9.84. The fourth-order valence-corrected chi connectivity index (χ4v) is 4.02. The molecule has 0 radical (unpaired) electrons. The van der Waals surface area contributed by atoms with Crippen molar-refractivity contribution in [1.29, 1.82) is 0 Å². The molecule has 1 heterocycles. The van der Waals surface area contributed by atoms with Crippen molar-refractivity contribution >= 4 is 12.0 Å². The minimum atomic E-state index is -0.624. The van der Waals surface area contributed by atoms with Gasteiger partial charge in [-0.1, -0.05) is 81.4 Å². The van der Waals surface area contributed by atoms with E-state index in [0.29, 0.717) is 5.92 Å². The molecule has 2 aromatic carbocycles. The van der Waals surface area contributed by atoms with Gasteiger partial charge in [0.25, 0.3) is 0 Å². The van der Waals surface area contributed by atoms with Crippen molar-refractivity contribution in [3.05, 3.63) is 71.8 Å². The van der Waals surface area contributed by atoms with E-state index in [2.05, 4.69) is 29.6 Å². The summed E-state index contributed by atoms with van der Waals surface area (Å²) in [5.41, 5.74) is 1.85. The van der Waals surface area contributed by atoms with Gasteiger partial charge in [0.05, 0.1) is 0 Å². The second-order valence-electron chi connectivity index (χ2n) is 9.46. The van der Waals surface area contributed by atoms with Gasteiger partial charge >= 0.3 is 6.09 Å². The Kier molecular flexibility index (Phi) is 7.72. The van der Waals surface area contributed by atoms with E-state index in [1.54, 1.807) is 0 Å². The maximum Gasteiger partial charge on any atom is 0.408 e. The van der Waals surface area contributed by atoms with Crippen molar-refractivity contribution in [2.24, 2.45) is 11.3 Å². The lowest BCUT2D eigenvalue weighted by Gasteiger charge is -2.38. The van der Waals surface area contributed by atoms with Gasteiger partial charge in [0.15, 0.2) is 0 Å². The van der Waals surface area contributed by atoms with Crippen LogP contribution >= 0.6 is 0 Å². The van der Waals surface area contributed by atoms with Crippen LogP contribution in [0.25, 0.3) is 0 Å². The van der Waals surface area contributed by atoms with Gasteiger partial charge in [-0.05, 0) is 41.7 Å². The van der Waals surface area contributed by atoms with Crippen LogP contribution in [0.3, 0.4) is 0 Å². The van der Waals surface area contributed by atoms with Crippen LogP contribution in [0.2, 0.25) is 0 Å². The summed E-state index contributed by atoms with van der Waals surface area (Å²) in [5.74, 6) is 0.561. The normalized spacial score (nSPS) is 15.9. The minimum Gasteiger partial charge on any atom is -0.445 e. The first kappa shape index (κ1) is 22.9. The van der Waals surface area contributed by atoms with Gasteiger partial charge in [-0.25, -0.2) is 4.79 Å². The smallest absolute Gasteiger partial charge is 0.408 e. The van der Waals surface area contributed by atoms with Crippen LogP contribution in [0.4, 0.5) is 4.79 Å². The summed E-state index contributed by atoms with van der Waals surface area (Å²) in [6, 6.07) is 19.4. The molecule has 0 bridgehead atoms. The van der Waals surface area contributed by atoms with Crippen molar-refractivity contribution in [3.63, 3.8) is 0 Å². The fraction of sp³-hybridized carbons (Fsp3) is 0.462. The zero-order valence-electron chi connectivity index (χ0n) is 18.8. The number of benzene rings is 2. The largest absolute Gasteiger partial charge is 0.445 e. The maximum absolute atomic E-state index is 13.3. The number of hydrogen-bond acceptors (Lipinski definition) is 3. The van der Waals surface area contributed by atoms with E-state index in [4.69, 9.17) is 4.74 Å². The zero-order chi connectivity index (χ0) is 22.3. The number of carbonyl (C=O) groups excluding carboxylic acids is 2. The quantitative estimate of drug-likeness (QED) is 0.727. The van der Waals surface area contributed by atoms with Crippen molar-refractivity contribution in [1.82, 2.24) is 10.2 Å². The van der Waals surface area contributed by atoms with Gasteiger partial charge in [-0.15, -0.1) is 0 Å². The predicted octanol–water partition coefficient (Wildman–Crippen LogP) is 4.81. The molecule has 31 heavy (non-hydrogen) atoms. The molecule has 166 valence electrons. The third-order valence-corrected chi connectivity index (χ3v) is 5.88. The second-order valence-corrected chi connectivity index (χ2v) is 9.46. The summed E-state index contributed by atoms with van der Waals surface area (Å²) in [7, 11) is 0. The van der Waals surface area contributed by atoms with Gasteiger partial charge < -0.3 is 15.0 Å². The van der Waals surface area contributed by atoms with E-state index in [9.17, 15) is 9.59 Å². The number of alkyl carbamates (subject to hydrolysis) is 1. The van der Waals surface area contributed by atoms with Crippen molar-refractivity contribution < 1.29 is 14.3 Å². The molecule has 0 saturated carbocycles. The van der Waals surface area contributed by atoms with Crippen LogP contribution in [0.5, 0.6) is 0 Å². The van der Waals surface area contributed by atoms with E-state index < -0.39 is 17.6 Å². The first-order valence-corrected chi connectivity index (χ1v) is 11.1. The second kappa shape index (κ2) is 10.5. The minimum absolute atomic E-state index is 0.0256. The number of rotatable bonds is 6. The van der Waals surface area contributed by atoms with Crippen molar-refractivity contribution in [2.75, 3.05) is 13.1 Å². The summed E-state index contributed by atoms with van der Waals surface area (Å²) in [6.45, 7) is 7.54. The van der Waals surface area contributed by atoms with Crippen LogP contribution < -0.4 is 5.32 Å². The molecule has 0 aliphatic carbocycles. The third kappa shape index (κ3) is 6.84. The number of likely N-dealkylation sites (tertiary alicyclic amines) is 1. The molecule has 1 N–H and O–H groups in total. The lowest BCUT2D eigenvalue weighted by molar-refractivity contribution is -0.137. The average Bonchev–Trinajstić information content (AvgIpc) is 2.77. The van der Waals surface area contributed by atoms with E-state index in [0.717, 1.165) is 37.9 Å². The number of nitrogens with one attached hydrogen (secondary N) is 1. The van der Waals surface area contributed by atoms with Crippen LogP contribution in [0, 0.1) is 11.3 Å². The molecule has 1 saturated heterocycles. The number of nitrogens with zero attached hydrogens (tertiary/aromatic N) is 1. The number of amides is 2. The van der Waals surface area contributed by atoms with Crippen molar-refractivity contribution in [2.45, 2.75) is 52.7 Å². The zero-order valence-corrected chi connectivity index (χ0v) is 18.8. The Labute approximate surface area is 185 Å². The molecule has 5 nitrogen and oxygen atoms in total. The molecule has 1 aliphatic heterocycles. The van der Waals surface area contributed by atoms with Crippen LogP contribution in [0.1, 0.15) is 44.7 Å². The molecule has 3 rings (SSSR count). The fourth-order valence-electron chi connectivity index (χ4n) is 4.02. The summed E-state index contributed by atoms with van der Waals surface area (Å²) < 4.78 is 5.35. The maximum atomic E-state index is 13.3. The Morgan fingerprint density at radius 3 is 2.06 bits per heavy atom. The number of hydrogen-bond donors (Lipinski definition) is 1. The lowest BCUT2D eigenvalue weighted by Crippen LogP contribution is -2.56. The predicted molar refractivity (Wildman–Crippen MR) is 122 cm³/mol. The summed E-state index contributed by atoms with van der Waals surface area (Å²) in [6.07, 6.45) is 2.46. The Balaban J connectivity index is 1.53. The monoisotopic (exact) mass is 422 g/mol. The summed E-state index contributed by atoms with van der Waals surface area (Å²) >= 11 is 0. The first-order valence-electron chi connectivity index (χ1n) is 11.1. The summed E-state index contributed by atoms with van der Waals surface area (Å²) in [5, 5.41) is 2.82. The molecule has 1 fully saturated rings. The Morgan fingerprint density at radius 2 is 1.52 bits per heavy atom. The molecule has 5 heteroatoms. The molecular formula is C26H34N2O3. The first-order chi connectivity index (χ1) is 14.8. The van der Waals surface area contributed by atoms with E-state index >= 15 is 0 Å². The molecule has 1 unspecified atom stereocenters. The Hall–Kier alpha value is -2.82. The van der Waals surface area contributed by atoms with Crippen LogP contribution in [-0.4, -0.2) is 36.0 Å². The molecule has 0 spiro atoms. The highest BCUT2D eigenvalue weighted by Gasteiger charge is 2.37. The van der Waals surface area contributed by atoms with Gasteiger partial charge in [0.1, 0.15) is 12.6 Å². The highest BCUT2D eigenvalue weighted by molar-refractivity contribution is 5.86. The highest BCUT2D eigenvalue weighted by atomic mass is 16.5. The highest BCUT2D eigenvalue weighted by Crippen LogP contribution is 2.26. The van der Waals surface area contributed by atoms with E-state index in [-0.39, 0.29) is 12.5 Å². The molecule has 1 atom stereocenters. The van der Waals surface area contributed by atoms with E-state index in [1.165, 1.54) is 5.56 Å². The molecule has 1 aliphatic rings. The molecule has 0 aromatic heterocycles. The number of piperidine rings is 1. The van der Waals surface area contributed by atoms with Crippen LogP contribution in [0.15, 0.2) is 60.7 Å². The Bertz CT molecular complexity index is 838. The van der Waals surface area contributed by atoms with Crippen LogP contribution in [-0.2, 0) is 22.6 Å². The van der Waals surface area contributed by atoms with Gasteiger partial charge in [-0.3, -0.25) is 4.79 Å². The average molecular weight is 423 g/mol. The van der Waals surface area contributed by atoms with Gasteiger partial charge in [-0.2, -0.15) is 0 Å². The molecule has 2 amide bonds. The number of ether oxygens (including phenoxy) is 1. The molecular weight excluding hydrogens is 388 g/mol. The van der Waals surface area contributed by atoms with Crippen molar-refractivity contribution in [3.8, 4) is 0 Å². The summed E-state index contributed by atoms with van der Waals surface area (Å²) in [4.78, 5) is 27.6.